The van der Waals surface area contributed by atoms with Crippen molar-refractivity contribution < 1.29 is 4.74 Å². The van der Waals surface area contributed by atoms with Gasteiger partial charge in [0.25, 0.3) is 0 Å². The van der Waals surface area contributed by atoms with E-state index in [1.807, 2.05) is 12.1 Å². The summed E-state index contributed by atoms with van der Waals surface area (Å²) in [5.74, 6) is 0.912. The number of fused-ring (bicyclic) bond motifs is 1. The van der Waals surface area contributed by atoms with E-state index in [4.69, 9.17) is 4.74 Å². The minimum absolute atomic E-state index is 0.232. The number of nitrogens with one attached hydrogen (secondary N) is 1. The van der Waals surface area contributed by atoms with Crippen LogP contribution in [-0.2, 0) is 6.54 Å². The molecule has 1 aromatic heterocycles. The second kappa shape index (κ2) is 3.11. The first-order chi connectivity index (χ1) is 5.86. The molecule has 0 aromatic carbocycles. The summed E-state index contributed by atoms with van der Waals surface area (Å²) in [6.45, 7) is 3.74. The first-order valence-electron chi connectivity index (χ1n) is 4.17. The molecule has 3 nitrogen and oxygen atoms in total. The minimum Gasteiger partial charge on any atom is -0.487 e. The van der Waals surface area contributed by atoms with E-state index in [-0.39, 0.29) is 6.10 Å². The Labute approximate surface area is 71.8 Å². The first kappa shape index (κ1) is 7.55. The fourth-order valence-corrected chi connectivity index (χ4v) is 1.32. The van der Waals surface area contributed by atoms with Gasteiger partial charge in [-0.1, -0.05) is 0 Å². The van der Waals surface area contributed by atoms with E-state index in [2.05, 4.69) is 17.2 Å². The Kier molecular flexibility index (Phi) is 1.96. The molecule has 0 saturated heterocycles. The Bertz CT molecular complexity index is 275. The van der Waals surface area contributed by atoms with Crippen LogP contribution in [0.3, 0.4) is 0 Å². The van der Waals surface area contributed by atoms with Crippen molar-refractivity contribution in [3.05, 3.63) is 24.0 Å². The average Bonchev–Trinajstić information content (AvgIpc) is 2.25. The van der Waals surface area contributed by atoms with Crippen LogP contribution in [-0.4, -0.2) is 17.6 Å². The third-order valence-corrected chi connectivity index (χ3v) is 1.90. The standard InChI is InChI=1S/C9H12N2O/c1-7-5-10-6-8-9(12-7)3-2-4-11-8/h2-4,7,10H,5-6H2,1H3/t7-/m1/s1. The zero-order valence-electron chi connectivity index (χ0n) is 7.08. The molecular formula is C9H12N2O. The molecule has 0 saturated carbocycles. The summed E-state index contributed by atoms with van der Waals surface area (Å²) in [6.07, 6.45) is 2.02. The molecule has 0 unspecified atom stereocenters. The molecule has 2 heterocycles. The van der Waals surface area contributed by atoms with Crippen LogP contribution in [0.5, 0.6) is 5.75 Å². The van der Waals surface area contributed by atoms with Crippen molar-refractivity contribution in [2.75, 3.05) is 6.54 Å². The highest BCUT2D eigenvalue weighted by atomic mass is 16.5. The summed E-state index contributed by atoms with van der Waals surface area (Å²) in [4.78, 5) is 4.23. The van der Waals surface area contributed by atoms with E-state index in [1.165, 1.54) is 0 Å². The normalized spacial score (nSPS) is 22.2. The largest absolute Gasteiger partial charge is 0.487 e. The van der Waals surface area contributed by atoms with Gasteiger partial charge in [-0.2, -0.15) is 0 Å². The lowest BCUT2D eigenvalue weighted by molar-refractivity contribution is 0.226. The van der Waals surface area contributed by atoms with E-state index in [0.29, 0.717) is 0 Å². The van der Waals surface area contributed by atoms with Crippen LogP contribution in [0, 0.1) is 0 Å². The maximum absolute atomic E-state index is 5.63. The topological polar surface area (TPSA) is 34.2 Å². The molecule has 0 amide bonds. The molecule has 1 atom stereocenters. The van der Waals surface area contributed by atoms with Gasteiger partial charge in [-0.05, 0) is 19.1 Å². The lowest BCUT2D eigenvalue weighted by Gasteiger charge is -2.10. The third-order valence-electron chi connectivity index (χ3n) is 1.90. The van der Waals surface area contributed by atoms with E-state index in [9.17, 15) is 0 Å². The molecule has 0 spiro atoms. The fourth-order valence-electron chi connectivity index (χ4n) is 1.32. The Morgan fingerprint density at radius 2 is 2.58 bits per heavy atom. The van der Waals surface area contributed by atoms with Crippen LogP contribution >= 0.6 is 0 Å². The highest BCUT2D eigenvalue weighted by Crippen LogP contribution is 2.18. The van der Waals surface area contributed by atoms with E-state index >= 15 is 0 Å². The summed E-state index contributed by atoms with van der Waals surface area (Å²) in [7, 11) is 0. The number of rotatable bonds is 0. The molecule has 0 fully saturated rings. The number of aromatic nitrogens is 1. The van der Waals surface area contributed by atoms with Gasteiger partial charge in [-0.15, -0.1) is 0 Å². The van der Waals surface area contributed by atoms with Crippen molar-refractivity contribution in [3.8, 4) is 5.75 Å². The van der Waals surface area contributed by atoms with Crippen LogP contribution in [0.15, 0.2) is 18.3 Å². The number of hydrogen-bond acceptors (Lipinski definition) is 3. The van der Waals surface area contributed by atoms with Crippen molar-refractivity contribution in [2.45, 2.75) is 19.6 Å². The van der Waals surface area contributed by atoms with Crippen LogP contribution in [0.4, 0.5) is 0 Å². The highest BCUT2D eigenvalue weighted by molar-refractivity contribution is 5.27. The van der Waals surface area contributed by atoms with Crippen LogP contribution in [0.1, 0.15) is 12.6 Å². The van der Waals surface area contributed by atoms with Gasteiger partial charge in [0.15, 0.2) is 0 Å². The molecule has 0 radical (unpaired) electrons. The van der Waals surface area contributed by atoms with E-state index < -0.39 is 0 Å². The third kappa shape index (κ3) is 1.41. The molecule has 1 aromatic rings. The summed E-state index contributed by atoms with van der Waals surface area (Å²) < 4.78 is 5.63. The van der Waals surface area contributed by atoms with Gasteiger partial charge in [0.2, 0.25) is 0 Å². The van der Waals surface area contributed by atoms with E-state index in [0.717, 1.165) is 24.5 Å². The van der Waals surface area contributed by atoms with Crippen LogP contribution in [0.2, 0.25) is 0 Å². The van der Waals surface area contributed by atoms with Gasteiger partial charge in [0.1, 0.15) is 11.9 Å². The van der Waals surface area contributed by atoms with Gasteiger partial charge in [0, 0.05) is 19.3 Å². The SMILES string of the molecule is C[C@@H]1CNCc2ncccc2O1. The summed E-state index contributed by atoms with van der Waals surface area (Å²) >= 11 is 0. The Morgan fingerprint density at radius 3 is 3.50 bits per heavy atom. The van der Waals surface area contributed by atoms with Crippen molar-refractivity contribution in [1.29, 1.82) is 0 Å². The molecule has 12 heavy (non-hydrogen) atoms. The molecule has 3 heteroatoms. The summed E-state index contributed by atoms with van der Waals surface area (Å²) in [5, 5.41) is 3.27. The molecule has 0 aliphatic carbocycles. The second-order valence-electron chi connectivity index (χ2n) is 3.01. The molecule has 1 aliphatic rings. The van der Waals surface area contributed by atoms with Gasteiger partial charge < -0.3 is 10.1 Å². The predicted octanol–water partition coefficient (Wildman–Crippen LogP) is 0.952. The fraction of sp³-hybridized carbons (Fsp3) is 0.444. The van der Waals surface area contributed by atoms with Gasteiger partial charge >= 0.3 is 0 Å². The quantitative estimate of drug-likeness (QED) is 0.620. The van der Waals surface area contributed by atoms with Crippen molar-refractivity contribution in [3.63, 3.8) is 0 Å². The van der Waals surface area contributed by atoms with Gasteiger partial charge in [0.05, 0.1) is 5.69 Å². The predicted molar refractivity (Wildman–Crippen MR) is 46.0 cm³/mol. The van der Waals surface area contributed by atoms with Crippen molar-refractivity contribution in [1.82, 2.24) is 10.3 Å². The lowest BCUT2D eigenvalue weighted by Crippen LogP contribution is -2.25. The molecule has 64 valence electrons. The average molecular weight is 164 g/mol. The molecule has 1 aliphatic heterocycles. The maximum Gasteiger partial charge on any atom is 0.142 e. The minimum atomic E-state index is 0.232. The molecule has 0 bridgehead atoms. The molecule has 1 N–H and O–H groups in total. The smallest absolute Gasteiger partial charge is 0.142 e. The second-order valence-corrected chi connectivity index (χ2v) is 3.01. The molecular weight excluding hydrogens is 152 g/mol. The molecule has 2 rings (SSSR count). The Morgan fingerprint density at radius 1 is 1.67 bits per heavy atom. The number of nitrogens with zero attached hydrogens (tertiary/aromatic N) is 1. The zero-order valence-corrected chi connectivity index (χ0v) is 7.08. The Balaban J connectivity index is 2.31. The Hall–Kier alpha value is -1.09. The van der Waals surface area contributed by atoms with Crippen LogP contribution < -0.4 is 10.1 Å². The van der Waals surface area contributed by atoms with Gasteiger partial charge in [-0.25, -0.2) is 0 Å². The van der Waals surface area contributed by atoms with Crippen molar-refractivity contribution in [2.24, 2.45) is 0 Å². The maximum atomic E-state index is 5.63. The lowest BCUT2D eigenvalue weighted by atomic mass is 10.3. The summed E-state index contributed by atoms with van der Waals surface area (Å²) in [6, 6.07) is 3.86. The van der Waals surface area contributed by atoms with Crippen molar-refractivity contribution >= 4 is 0 Å². The zero-order chi connectivity index (χ0) is 8.39. The van der Waals surface area contributed by atoms with Gasteiger partial charge in [-0.3, -0.25) is 4.98 Å². The number of ether oxygens (including phenoxy) is 1. The van der Waals surface area contributed by atoms with E-state index in [1.54, 1.807) is 6.20 Å². The monoisotopic (exact) mass is 164 g/mol. The first-order valence-corrected chi connectivity index (χ1v) is 4.17. The summed E-state index contributed by atoms with van der Waals surface area (Å²) in [5.41, 5.74) is 1.00. The van der Waals surface area contributed by atoms with Crippen LogP contribution in [0.25, 0.3) is 0 Å². The number of hydrogen-bond donors (Lipinski definition) is 1. The highest BCUT2D eigenvalue weighted by Gasteiger charge is 2.12. The number of pyridine rings is 1.